The van der Waals surface area contributed by atoms with E-state index in [4.69, 9.17) is 11.5 Å². The van der Waals surface area contributed by atoms with Gasteiger partial charge < -0.3 is 16.4 Å². The van der Waals surface area contributed by atoms with E-state index in [1.807, 2.05) is 0 Å². The molecule has 0 spiro atoms. The van der Waals surface area contributed by atoms with E-state index in [1.54, 1.807) is 0 Å². The van der Waals surface area contributed by atoms with E-state index in [1.165, 1.54) is 12.1 Å². The SMILES string of the molecule is NC(=O)CN(CC(N)=O)C(=O)CCc1ccc(C(F)(F)F)cc1. The number of hydrogen-bond acceptors (Lipinski definition) is 3. The number of amides is 3. The largest absolute Gasteiger partial charge is 0.416 e. The fourth-order valence-electron chi connectivity index (χ4n) is 1.88. The molecule has 126 valence electrons. The molecule has 4 N–H and O–H groups in total. The lowest BCUT2D eigenvalue weighted by Crippen LogP contribution is -2.43. The van der Waals surface area contributed by atoms with Crippen molar-refractivity contribution in [3.63, 3.8) is 0 Å². The van der Waals surface area contributed by atoms with E-state index >= 15 is 0 Å². The van der Waals surface area contributed by atoms with Crippen LogP contribution in [0.1, 0.15) is 17.5 Å². The first kappa shape index (κ1) is 18.5. The normalized spacial score (nSPS) is 11.1. The Labute approximate surface area is 130 Å². The van der Waals surface area contributed by atoms with Gasteiger partial charge in [-0.05, 0) is 24.1 Å². The number of nitrogens with zero attached hydrogens (tertiary/aromatic N) is 1. The highest BCUT2D eigenvalue weighted by molar-refractivity contribution is 5.88. The van der Waals surface area contributed by atoms with Gasteiger partial charge >= 0.3 is 6.18 Å². The molecule has 0 aliphatic rings. The summed E-state index contributed by atoms with van der Waals surface area (Å²) in [4.78, 5) is 34.6. The van der Waals surface area contributed by atoms with E-state index in [0.29, 0.717) is 5.56 Å². The third-order valence-corrected chi connectivity index (χ3v) is 2.95. The van der Waals surface area contributed by atoms with E-state index in [9.17, 15) is 27.6 Å². The van der Waals surface area contributed by atoms with Gasteiger partial charge in [-0.3, -0.25) is 14.4 Å². The number of carbonyl (C=O) groups excluding carboxylic acids is 3. The van der Waals surface area contributed by atoms with Crippen LogP contribution in [0.3, 0.4) is 0 Å². The van der Waals surface area contributed by atoms with E-state index in [-0.39, 0.29) is 12.8 Å². The van der Waals surface area contributed by atoms with Crippen LogP contribution in [0.5, 0.6) is 0 Å². The monoisotopic (exact) mass is 331 g/mol. The van der Waals surface area contributed by atoms with Crippen molar-refractivity contribution in [2.24, 2.45) is 11.5 Å². The lowest BCUT2D eigenvalue weighted by Gasteiger charge is -2.19. The lowest BCUT2D eigenvalue weighted by atomic mass is 10.1. The van der Waals surface area contributed by atoms with Crippen molar-refractivity contribution in [1.82, 2.24) is 4.90 Å². The summed E-state index contributed by atoms with van der Waals surface area (Å²) in [6, 6.07) is 4.38. The molecule has 0 aliphatic heterocycles. The summed E-state index contributed by atoms with van der Waals surface area (Å²) in [6.07, 6.45) is -4.36. The van der Waals surface area contributed by atoms with Crippen LogP contribution < -0.4 is 11.5 Å². The Kier molecular flexibility index (Phi) is 6.11. The highest BCUT2D eigenvalue weighted by Gasteiger charge is 2.29. The summed E-state index contributed by atoms with van der Waals surface area (Å²) < 4.78 is 37.3. The van der Waals surface area contributed by atoms with Crippen molar-refractivity contribution < 1.29 is 27.6 Å². The molecule has 0 atom stereocenters. The lowest BCUT2D eigenvalue weighted by molar-refractivity contribution is -0.138. The van der Waals surface area contributed by atoms with Crippen LogP contribution in [0.2, 0.25) is 0 Å². The summed E-state index contributed by atoms with van der Waals surface area (Å²) in [6.45, 7) is -0.899. The van der Waals surface area contributed by atoms with Crippen LogP contribution in [-0.4, -0.2) is 35.7 Å². The minimum atomic E-state index is -4.42. The van der Waals surface area contributed by atoms with E-state index in [2.05, 4.69) is 0 Å². The molecule has 0 aliphatic carbocycles. The van der Waals surface area contributed by atoms with Crippen LogP contribution in [0.4, 0.5) is 13.2 Å². The Morgan fingerprint density at radius 3 is 1.83 bits per heavy atom. The van der Waals surface area contributed by atoms with Crippen molar-refractivity contribution in [3.05, 3.63) is 35.4 Å². The Morgan fingerprint density at radius 1 is 0.957 bits per heavy atom. The van der Waals surface area contributed by atoms with Crippen molar-refractivity contribution >= 4 is 17.7 Å². The van der Waals surface area contributed by atoms with Gasteiger partial charge in [0.2, 0.25) is 17.7 Å². The number of hydrogen-bond donors (Lipinski definition) is 2. The number of benzene rings is 1. The second-order valence-electron chi connectivity index (χ2n) is 4.88. The van der Waals surface area contributed by atoms with Gasteiger partial charge in [0.15, 0.2) is 0 Å². The molecular formula is C14H16F3N3O3. The van der Waals surface area contributed by atoms with E-state index < -0.39 is 42.6 Å². The molecule has 0 saturated carbocycles. The summed E-state index contributed by atoms with van der Waals surface area (Å²) in [5, 5.41) is 0. The third kappa shape index (κ3) is 6.37. The molecule has 0 aromatic heterocycles. The summed E-state index contributed by atoms with van der Waals surface area (Å²) >= 11 is 0. The molecule has 0 radical (unpaired) electrons. The quantitative estimate of drug-likeness (QED) is 0.757. The average Bonchev–Trinajstić information content (AvgIpc) is 2.42. The Balaban J connectivity index is 2.66. The van der Waals surface area contributed by atoms with Crippen LogP contribution in [-0.2, 0) is 27.0 Å². The van der Waals surface area contributed by atoms with Crippen molar-refractivity contribution in [3.8, 4) is 0 Å². The molecule has 0 saturated heterocycles. The number of alkyl halides is 3. The molecule has 1 aromatic carbocycles. The predicted octanol–water partition coefficient (Wildman–Crippen LogP) is 0.437. The molecule has 0 heterocycles. The topological polar surface area (TPSA) is 106 Å². The van der Waals surface area contributed by atoms with Crippen LogP contribution >= 0.6 is 0 Å². The zero-order valence-electron chi connectivity index (χ0n) is 12.1. The van der Waals surface area contributed by atoms with E-state index in [0.717, 1.165) is 17.0 Å². The number of primary amides is 2. The van der Waals surface area contributed by atoms with Gasteiger partial charge in [0.05, 0.1) is 18.7 Å². The highest BCUT2D eigenvalue weighted by atomic mass is 19.4. The van der Waals surface area contributed by atoms with Crippen LogP contribution in [0.25, 0.3) is 0 Å². The molecule has 6 nitrogen and oxygen atoms in total. The number of halogens is 3. The van der Waals surface area contributed by atoms with Crippen molar-refractivity contribution in [1.29, 1.82) is 0 Å². The van der Waals surface area contributed by atoms with Gasteiger partial charge in [-0.15, -0.1) is 0 Å². The maximum atomic E-state index is 12.4. The van der Waals surface area contributed by atoms with Gasteiger partial charge in [0.1, 0.15) is 0 Å². The molecular weight excluding hydrogens is 315 g/mol. The van der Waals surface area contributed by atoms with Crippen LogP contribution in [0, 0.1) is 0 Å². The minimum Gasteiger partial charge on any atom is -0.368 e. The molecule has 0 unspecified atom stereocenters. The summed E-state index contributed by atoms with van der Waals surface area (Å²) in [5.74, 6) is -2.13. The van der Waals surface area contributed by atoms with Gasteiger partial charge in [-0.25, -0.2) is 0 Å². The van der Waals surface area contributed by atoms with Gasteiger partial charge in [0, 0.05) is 6.42 Å². The maximum Gasteiger partial charge on any atom is 0.416 e. The van der Waals surface area contributed by atoms with Gasteiger partial charge in [-0.2, -0.15) is 13.2 Å². The minimum absolute atomic E-state index is 0.0913. The first-order valence-corrected chi connectivity index (χ1v) is 6.60. The van der Waals surface area contributed by atoms with Crippen molar-refractivity contribution in [2.75, 3.05) is 13.1 Å². The molecule has 23 heavy (non-hydrogen) atoms. The number of nitrogens with two attached hydrogens (primary N) is 2. The predicted molar refractivity (Wildman–Crippen MR) is 74.7 cm³/mol. The number of rotatable bonds is 7. The second kappa shape index (κ2) is 7.61. The Morgan fingerprint density at radius 2 is 1.43 bits per heavy atom. The van der Waals surface area contributed by atoms with Gasteiger partial charge in [0.25, 0.3) is 0 Å². The number of aryl methyl sites for hydroxylation is 1. The Bertz CT molecular complexity index is 569. The van der Waals surface area contributed by atoms with Crippen molar-refractivity contribution in [2.45, 2.75) is 19.0 Å². The summed E-state index contributed by atoms with van der Waals surface area (Å²) in [5.41, 5.74) is 9.70. The molecule has 0 bridgehead atoms. The van der Waals surface area contributed by atoms with Crippen LogP contribution in [0.15, 0.2) is 24.3 Å². The Hall–Kier alpha value is -2.58. The molecule has 3 amide bonds. The highest BCUT2D eigenvalue weighted by Crippen LogP contribution is 2.29. The zero-order chi connectivity index (χ0) is 17.6. The molecule has 0 fully saturated rings. The smallest absolute Gasteiger partial charge is 0.368 e. The van der Waals surface area contributed by atoms with Gasteiger partial charge in [-0.1, -0.05) is 12.1 Å². The molecule has 1 aromatic rings. The standard InChI is InChI=1S/C14H16F3N3O3/c15-14(16,17)10-4-1-9(2-5-10)3-6-13(23)20(7-11(18)21)8-12(19)22/h1-2,4-5H,3,6-8H2,(H2,18,21)(H2,19,22). The zero-order valence-corrected chi connectivity index (χ0v) is 12.1. The molecule has 1 rings (SSSR count). The first-order valence-electron chi connectivity index (χ1n) is 6.60. The number of carbonyl (C=O) groups is 3. The average molecular weight is 331 g/mol. The molecule has 9 heteroatoms. The fraction of sp³-hybridized carbons (Fsp3) is 0.357. The third-order valence-electron chi connectivity index (χ3n) is 2.95. The maximum absolute atomic E-state index is 12.4. The first-order chi connectivity index (χ1) is 10.6. The second-order valence-corrected chi connectivity index (χ2v) is 4.88. The fourth-order valence-corrected chi connectivity index (χ4v) is 1.88. The summed E-state index contributed by atoms with van der Waals surface area (Å²) in [7, 11) is 0.